The molecular formula is C14H22ClN3OS. The van der Waals surface area contributed by atoms with Crippen LogP contribution in [-0.4, -0.2) is 40.7 Å². The van der Waals surface area contributed by atoms with E-state index in [1.807, 2.05) is 17.0 Å². The molecule has 1 aliphatic heterocycles. The quantitative estimate of drug-likeness (QED) is 0.865. The standard InChI is InChI=1S/C14H21N3OS.ClH/c1-11(15)12-4-8-17(9-5-12)14(18)10-19-13-2-6-16-7-3-13;/h2-3,6-7,11-12H,4-5,8-10,15H2,1H3;1H. The molecule has 0 saturated carbocycles. The summed E-state index contributed by atoms with van der Waals surface area (Å²) in [7, 11) is 0. The lowest BCUT2D eigenvalue weighted by Crippen LogP contribution is -2.43. The van der Waals surface area contributed by atoms with E-state index in [1.54, 1.807) is 24.2 Å². The highest BCUT2D eigenvalue weighted by atomic mass is 35.5. The summed E-state index contributed by atoms with van der Waals surface area (Å²) in [5.41, 5.74) is 5.91. The van der Waals surface area contributed by atoms with Crippen LogP contribution in [0.15, 0.2) is 29.4 Å². The Morgan fingerprint density at radius 2 is 2.05 bits per heavy atom. The molecule has 112 valence electrons. The van der Waals surface area contributed by atoms with Gasteiger partial charge in [-0.3, -0.25) is 9.78 Å². The number of pyridine rings is 1. The van der Waals surface area contributed by atoms with E-state index < -0.39 is 0 Å². The Morgan fingerprint density at radius 3 is 2.60 bits per heavy atom. The number of halogens is 1. The van der Waals surface area contributed by atoms with Crippen LogP contribution in [0.3, 0.4) is 0 Å². The van der Waals surface area contributed by atoms with E-state index >= 15 is 0 Å². The molecule has 6 heteroatoms. The van der Waals surface area contributed by atoms with Crippen molar-refractivity contribution in [2.24, 2.45) is 11.7 Å². The normalized spacial score (nSPS) is 17.4. The number of nitrogens with two attached hydrogens (primary N) is 1. The fourth-order valence-electron chi connectivity index (χ4n) is 2.35. The molecule has 20 heavy (non-hydrogen) atoms. The van der Waals surface area contributed by atoms with Crippen molar-refractivity contribution in [3.05, 3.63) is 24.5 Å². The molecule has 1 atom stereocenters. The van der Waals surface area contributed by atoms with E-state index in [9.17, 15) is 4.79 Å². The Labute approximate surface area is 130 Å². The number of carbonyl (C=O) groups is 1. The lowest BCUT2D eigenvalue weighted by molar-refractivity contribution is -0.129. The van der Waals surface area contributed by atoms with Crippen molar-refractivity contribution < 1.29 is 4.79 Å². The molecule has 0 spiro atoms. The molecule has 1 aromatic rings. The average molecular weight is 316 g/mol. The number of thioether (sulfide) groups is 1. The predicted octanol–water partition coefficient (Wildman–Crippen LogP) is 2.18. The first-order valence-corrected chi connectivity index (χ1v) is 7.71. The molecule has 1 unspecified atom stereocenters. The van der Waals surface area contributed by atoms with Gasteiger partial charge >= 0.3 is 0 Å². The molecule has 0 radical (unpaired) electrons. The SMILES string of the molecule is CC(N)C1CCN(C(=O)CSc2ccncc2)CC1.Cl. The van der Waals surface area contributed by atoms with Gasteiger partial charge in [0, 0.05) is 36.4 Å². The van der Waals surface area contributed by atoms with Gasteiger partial charge in [0.15, 0.2) is 0 Å². The largest absolute Gasteiger partial charge is 0.342 e. The molecule has 0 aliphatic carbocycles. The average Bonchev–Trinajstić information content (AvgIpc) is 2.46. The number of carbonyl (C=O) groups excluding carboxylic acids is 1. The smallest absolute Gasteiger partial charge is 0.232 e. The summed E-state index contributed by atoms with van der Waals surface area (Å²) in [6.45, 7) is 3.76. The molecule has 1 aliphatic rings. The summed E-state index contributed by atoms with van der Waals surface area (Å²) in [5.74, 6) is 1.30. The van der Waals surface area contributed by atoms with Gasteiger partial charge in [-0.05, 0) is 37.8 Å². The maximum atomic E-state index is 12.1. The van der Waals surface area contributed by atoms with E-state index in [4.69, 9.17) is 5.73 Å². The maximum Gasteiger partial charge on any atom is 0.232 e. The third kappa shape index (κ3) is 4.96. The molecule has 1 aromatic heterocycles. The van der Waals surface area contributed by atoms with Gasteiger partial charge in [-0.15, -0.1) is 24.2 Å². The minimum absolute atomic E-state index is 0. The summed E-state index contributed by atoms with van der Waals surface area (Å²) in [6, 6.07) is 4.10. The van der Waals surface area contributed by atoms with E-state index in [-0.39, 0.29) is 24.4 Å². The van der Waals surface area contributed by atoms with Gasteiger partial charge in [0.05, 0.1) is 5.75 Å². The van der Waals surface area contributed by atoms with Gasteiger partial charge in [0.25, 0.3) is 0 Å². The Hall–Kier alpha value is -0.780. The van der Waals surface area contributed by atoms with Crippen LogP contribution < -0.4 is 5.73 Å². The summed E-state index contributed by atoms with van der Waals surface area (Å²) in [6.07, 6.45) is 5.56. The number of hydrogen-bond donors (Lipinski definition) is 1. The third-order valence-corrected chi connectivity index (χ3v) is 4.64. The second kappa shape index (κ2) is 8.49. The van der Waals surface area contributed by atoms with Crippen molar-refractivity contribution in [3.8, 4) is 0 Å². The van der Waals surface area contributed by atoms with Crippen LogP contribution in [-0.2, 0) is 4.79 Å². The summed E-state index contributed by atoms with van der Waals surface area (Å²) < 4.78 is 0. The van der Waals surface area contributed by atoms with Gasteiger partial charge < -0.3 is 10.6 Å². The van der Waals surface area contributed by atoms with Gasteiger partial charge in [0.1, 0.15) is 0 Å². The molecule has 2 heterocycles. The first-order valence-electron chi connectivity index (χ1n) is 6.73. The lowest BCUT2D eigenvalue weighted by atomic mass is 9.91. The highest BCUT2D eigenvalue weighted by Crippen LogP contribution is 2.22. The number of likely N-dealkylation sites (tertiary alicyclic amines) is 1. The second-order valence-corrected chi connectivity index (χ2v) is 6.10. The number of nitrogens with zero attached hydrogens (tertiary/aromatic N) is 2. The molecule has 0 aromatic carbocycles. The zero-order valence-electron chi connectivity index (χ0n) is 11.7. The third-order valence-electron chi connectivity index (χ3n) is 3.65. The van der Waals surface area contributed by atoms with Crippen molar-refractivity contribution >= 4 is 30.1 Å². The molecule has 1 amide bonds. The van der Waals surface area contributed by atoms with Crippen molar-refractivity contribution in [3.63, 3.8) is 0 Å². The van der Waals surface area contributed by atoms with Crippen LogP contribution in [0.2, 0.25) is 0 Å². The fourth-order valence-corrected chi connectivity index (χ4v) is 3.13. The Kier molecular flexibility index (Phi) is 7.34. The highest BCUT2D eigenvalue weighted by molar-refractivity contribution is 8.00. The summed E-state index contributed by atoms with van der Waals surface area (Å²) in [5, 5.41) is 0. The van der Waals surface area contributed by atoms with Crippen LogP contribution >= 0.6 is 24.2 Å². The number of amides is 1. The zero-order chi connectivity index (χ0) is 13.7. The van der Waals surface area contributed by atoms with Crippen molar-refractivity contribution in [2.45, 2.75) is 30.7 Å². The second-order valence-electron chi connectivity index (χ2n) is 5.05. The molecule has 1 saturated heterocycles. The molecule has 2 N–H and O–H groups in total. The van der Waals surface area contributed by atoms with E-state index in [1.165, 1.54) is 0 Å². The van der Waals surface area contributed by atoms with E-state index in [0.29, 0.717) is 11.7 Å². The van der Waals surface area contributed by atoms with Gasteiger partial charge in [-0.2, -0.15) is 0 Å². The summed E-state index contributed by atoms with van der Waals surface area (Å²) >= 11 is 1.57. The molecule has 0 bridgehead atoms. The zero-order valence-corrected chi connectivity index (χ0v) is 13.3. The Bertz CT molecular complexity index is 408. The Morgan fingerprint density at radius 1 is 1.45 bits per heavy atom. The first-order chi connectivity index (χ1) is 9.16. The van der Waals surface area contributed by atoms with Crippen molar-refractivity contribution in [1.29, 1.82) is 0 Å². The predicted molar refractivity (Wildman–Crippen MR) is 85.2 cm³/mol. The van der Waals surface area contributed by atoms with Crippen LogP contribution in [0.4, 0.5) is 0 Å². The fraction of sp³-hybridized carbons (Fsp3) is 0.571. The van der Waals surface area contributed by atoms with Crippen LogP contribution in [0.25, 0.3) is 0 Å². The molecular weight excluding hydrogens is 294 g/mol. The van der Waals surface area contributed by atoms with Crippen LogP contribution in [0.5, 0.6) is 0 Å². The number of piperidine rings is 1. The molecule has 1 fully saturated rings. The van der Waals surface area contributed by atoms with E-state index in [2.05, 4.69) is 11.9 Å². The van der Waals surface area contributed by atoms with Crippen LogP contribution in [0.1, 0.15) is 19.8 Å². The molecule has 2 rings (SSSR count). The van der Waals surface area contributed by atoms with Gasteiger partial charge in [-0.1, -0.05) is 0 Å². The Balaban J connectivity index is 0.00000200. The lowest BCUT2D eigenvalue weighted by Gasteiger charge is -2.33. The first kappa shape index (κ1) is 17.3. The van der Waals surface area contributed by atoms with Gasteiger partial charge in [0.2, 0.25) is 5.91 Å². The minimum Gasteiger partial charge on any atom is -0.342 e. The van der Waals surface area contributed by atoms with Crippen molar-refractivity contribution in [1.82, 2.24) is 9.88 Å². The summed E-state index contributed by atoms with van der Waals surface area (Å²) in [4.78, 5) is 19.1. The number of hydrogen-bond acceptors (Lipinski definition) is 4. The van der Waals surface area contributed by atoms with Crippen LogP contribution in [0, 0.1) is 5.92 Å². The van der Waals surface area contributed by atoms with Crippen molar-refractivity contribution in [2.75, 3.05) is 18.8 Å². The van der Waals surface area contributed by atoms with Gasteiger partial charge in [-0.25, -0.2) is 0 Å². The molecule has 4 nitrogen and oxygen atoms in total. The number of rotatable bonds is 4. The minimum atomic E-state index is 0. The van der Waals surface area contributed by atoms with E-state index in [0.717, 1.165) is 30.8 Å². The maximum absolute atomic E-state index is 12.1. The highest BCUT2D eigenvalue weighted by Gasteiger charge is 2.24. The monoisotopic (exact) mass is 315 g/mol. The number of aromatic nitrogens is 1. The topological polar surface area (TPSA) is 59.2 Å².